The maximum absolute atomic E-state index is 12.2. The molecule has 2 N–H and O–H groups in total. The van der Waals surface area contributed by atoms with E-state index in [1.54, 1.807) is 0 Å². The molecule has 86 valence electrons. The maximum Gasteiger partial charge on any atom is 0.168 e. The molecule has 0 spiro atoms. The van der Waals surface area contributed by atoms with Gasteiger partial charge in [0.05, 0.1) is 0 Å². The third-order valence-corrected chi connectivity index (χ3v) is 3.07. The molecule has 3 nitrogen and oxygen atoms in total. The number of rotatable bonds is 2. The molecule has 0 radical (unpaired) electrons. The third kappa shape index (κ3) is 2.25. The lowest BCUT2D eigenvalue weighted by Gasteiger charge is -2.21. The molecule has 1 aromatic rings. The molecule has 0 aromatic heterocycles. The lowest BCUT2D eigenvalue weighted by Crippen LogP contribution is -2.24. The van der Waals surface area contributed by atoms with Crippen LogP contribution in [0.3, 0.4) is 0 Å². The van der Waals surface area contributed by atoms with E-state index >= 15 is 0 Å². The summed E-state index contributed by atoms with van der Waals surface area (Å²) in [5.41, 5.74) is 8.18. The van der Waals surface area contributed by atoms with Crippen LogP contribution in [0.4, 0.5) is 5.69 Å². The van der Waals surface area contributed by atoms with Gasteiger partial charge in [-0.25, -0.2) is 0 Å². The summed E-state index contributed by atoms with van der Waals surface area (Å²) in [4.78, 5) is 12.2. The Hall–Kier alpha value is -1.35. The van der Waals surface area contributed by atoms with E-state index in [9.17, 15) is 4.79 Å². The van der Waals surface area contributed by atoms with Gasteiger partial charge in [0.1, 0.15) is 0 Å². The highest BCUT2D eigenvalue weighted by molar-refractivity contribution is 6.02. The molecule has 1 aliphatic heterocycles. The Bertz CT molecular complexity index is 395. The standard InChI is InChI=1S/C13H17NO2/c1-9-2-3-12(14)11(8-9)13(15)10-4-6-16-7-5-10/h2-3,8,10H,4-7,14H2,1H3. The molecule has 16 heavy (non-hydrogen) atoms. The highest BCUT2D eigenvalue weighted by atomic mass is 16.5. The zero-order valence-electron chi connectivity index (χ0n) is 9.53. The lowest BCUT2D eigenvalue weighted by atomic mass is 9.90. The average molecular weight is 219 g/mol. The number of nitrogen functional groups attached to an aromatic ring is 1. The zero-order chi connectivity index (χ0) is 11.5. The average Bonchev–Trinajstić information content (AvgIpc) is 2.32. The molecule has 0 amide bonds. The van der Waals surface area contributed by atoms with Crippen LogP contribution in [-0.2, 0) is 4.74 Å². The summed E-state index contributed by atoms with van der Waals surface area (Å²) < 4.78 is 5.26. The summed E-state index contributed by atoms with van der Waals surface area (Å²) in [5.74, 6) is 0.252. The number of ether oxygens (including phenoxy) is 1. The second-order valence-electron chi connectivity index (χ2n) is 4.34. The van der Waals surface area contributed by atoms with Crippen LogP contribution < -0.4 is 5.73 Å². The largest absolute Gasteiger partial charge is 0.398 e. The Morgan fingerprint density at radius 1 is 1.38 bits per heavy atom. The second kappa shape index (κ2) is 4.66. The highest BCUT2D eigenvalue weighted by Crippen LogP contribution is 2.24. The first-order valence-electron chi connectivity index (χ1n) is 5.66. The molecule has 1 saturated heterocycles. The van der Waals surface area contributed by atoms with Crippen molar-refractivity contribution >= 4 is 11.5 Å². The fourth-order valence-electron chi connectivity index (χ4n) is 2.06. The van der Waals surface area contributed by atoms with Gasteiger partial charge in [-0.05, 0) is 31.9 Å². The molecular formula is C13H17NO2. The maximum atomic E-state index is 12.2. The van der Waals surface area contributed by atoms with E-state index < -0.39 is 0 Å². The van der Waals surface area contributed by atoms with Crippen molar-refractivity contribution in [2.75, 3.05) is 18.9 Å². The number of benzene rings is 1. The van der Waals surface area contributed by atoms with Gasteiger partial charge >= 0.3 is 0 Å². The van der Waals surface area contributed by atoms with Gasteiger partial charge < -0.3 is 10.5 Å². The fraction of sp³-hybridized carbons (Fsp3) is 0.462. The SMILES string of the molecule is Cc1ccc(N)c(C(=O)C2CCOCC2)c1. The zero-order valence-corrected chi connectivity index (χ0v) is 9.53. The van der Waals surface area contributed by atoms with Crippen molar-refractivity contribution in [3.8, 4) is 0 Å². The quantitative estimate of drug-likeness (QED) is 0.612. The third-order valence-electron chi connectivity index (χ3n) is 3.07. The van der Waals surface area contributed by atoms with Crippen LogP contribution in [0, 0.1) is 12.8 Å². The Labute approximate surface area is 95.6 Å². The molecule has 0 bridgehead atoms. The topological polar surface area (TPSA) is 52.3 Å². The molecule has 0 aliphatic carbocycles. The van der Waals surface area contributed by atoms with E-state index in [2.05, 4.69) is 0 Å². The first kappa shape index (κ1) is 11.1. The molecule has 2 rings (SSSR count). The van der Waals surface area contributed by atoms with E-state index in [1.165, 1.54) is 0 Å². The first-order valence-corrected chi connectivity index (χ1v) is 5.66. The van der Waals surface area contributed by atoms with Gasteiger partial charge in [0.15, 0.2) is 5.78 Å². The number of ketones is 1. The number of nitrogens with two attached hydrogens (primary N) is 1. The van der Waals surface area contributed by atoms with Crippen LogP contribution in [0.15, 0.2) is 18.2 Å². The Balaban J connectivity index is 2.22. The van der Waals surface area contributed by atoms with Crippen LogP contribution in [-0.4, -0.2) is 19.0 Å². The Morgan fingerprint density at radius 2 is 2.06 bits per heavy atom. The summed E-state index contributed by atoms with van der Waals surface area (Å²) in [7, 11) is 0. The van der Waals surface area contributed by atoms with Crippen molar-refractivity contribution in [3.63, 3.8) is 0 Å². The van der Waals surface area contributed by atoms with Crippen molar-refractivity contribution in [1.29, 1.82) is 0 Å². The van der Waals surface area contributed by atoms with Crippen LogP contribution in [0.25, 0.3) is 0 Å². The van der Waals surface area contributed by atoms with Gasteiger partial charge in [-0.3, -0.25) is 4.79 Å². The number of hydrogen-bond acceptors (Lipinski definition) is 3. The summed E-state index contributed by atoms with van der Waals surface area (Å²) >= 11 is 0. The van der Waals surface area contributed by atoms with Gasteiger partial charge in [-0.1, -0.05) is 11.6 Å². The molecule has 1 heterocycles. The summed E-state index contributed by atoms with van der Waals surface area (Å²) in [6.07, 6.45) is 1.62. The van der Waals surface area contributed by atoms with Crippen molar-refractivity contribution in [1.82, 2.24) is 0 Å². The van der Waals surface area contributed by atoms with Gasteiger partial charge in [0.25, 0.3) is 0 Å². The van der Waals surface area contributed by atoms with Crippen molar-refractivity contribution in [3.05, 3.63) is 29.3 Å². The molecule has 0 saturated carbocycles. The Morgan fingerprint density at radius 3 is 2.75 bits per heavy atom. The van der Waals surface area contributed by atoms with E-state index in [0.717, 1.165) is 18.4 Å². The number of aryl methyl sites for hydroxylation is 1. The van der Waals surface area contributed by atoms with E-state index in [4.69, 9.17) is 10.5 Å². The van der Waals surface area contributed by atoms with E-state index in [1.807, 2.05) is 25.1 Å². The summed E-state index contributed by atoms with van der Waals surface area (Å²) in [6, 6.07) is 5.62. The normalized spacial score (nSPS) is 17.3. The molecule has 3 heteroatoms. The minimum absolute atomic E-state index is 0.0813. The monoisotopic (exact) mass is 219 g/mol. The summed E-state index contributed by atoms with van der Waals surface area (Å²) in [5, 5.41) is 0. The van der Waals surface area contributed by atoms with Gasteiger partial charge in [-0.2, -0.15) is 0 Å². The Kier molecular flexibility index (Phi) is 3.25. The summed E-state index contributed by atoms with van der Waals surface area (Å²) in [6.45, 7) is 3.34. The minimum Gasteiger partial charge on any atom is -0.398 e. The van der Waals surface area contributed by atoms with Crippen LogP contribution in [0.1, 0.15) is 28.8 Å². The number of carbonyl (C=O) groups is 1. The predicted octanol–water partition coefficient (Wildman–Crippen LogP) is 2.19. The van der Waals surface area contributed by atoms with E-state index in [0.29, 0.717) is 24.5 Å². The smallest absolute Gasteiger partial charge is 0.168 e. The fourth-order valence-corrected chi connectivity index (χ4v) is 2.06. The highest BCUT2D eigenvalue weighted by Gasteiger charge is 2.24. The number of hydrogen-bond donors (Lipinski definition) is 1. The number of anilines is 1. The molecule has 1 aromatic carbocycles. The number of carbonyl (C=O) groups excluding carboxylic acids is 1. The van der Waals surface area contributed by atoms with Crippen molar-refractivity contribution in [2.45, 2.75) is 19.8 Å². The van der Waals surface area contributed by atoms with Crippen LogP contribution in [0.2, 0.25) is 0 Å². The van der Waals surface area contributed by atoms with Crippen LogP contribution >= 0.6 is 0 Å². The second-order valence-corrected chi connectivity index (χ2v) is 4.34. The minimum atomic E-state index is 0.0813. The van der Waals surface area contributed by atoms with Gasteiger partial charge in [0.2, 0.25) is 0 Å². The molecule has 0 unspecified atom stereocenters. The van der Waals surface area contributed by atoms with E-state index in [-0.39, 0.29) is 11.7 Å². The van der Waals surface area contributed by atoms with Gasteiger partial charge in [-0.15, -0.1) is 0 Å². The van der Waals surface area contributed by atoms with Crippen LogP contribution in [0.5, 0.6) is 0 Å². The van der Waals surface area contributed by atoms with Crippen molar-refractivity contribution < 1.29 is 9.53 Å². The number of Topliss-reactive ketones (excluding diaryl/α,β-unsaturated/α-hetero) is 1. The molecule has 1 aliphatic rings. The molecule has 1 fully saturated rings. The molecule has 0 atom stereocenters. The molecular weight excluding hydrogens is 202 g/mol. The van der Waals surface area contributed by atoms with Crippen molar-refractivity contribution in [2.24, 2.45) is 5.92 Å². The lowest BCUT2D eigenvalue weighted by molar-refractivity contribution is 0.0545. The van der Waals surface area contributed by atoms with Gasteiger partial charge in [0, 0.05) is 30.4 Å². The predicted molar refractivity (Wildman–Crippen MR) is 63.5 cm³/mol. The first-order chi connectivity index (χ1) is 7.68.